The molecule has 3 nitrogen and oxygen atoms in total. The third-order valence-corrected chi connectivity index (χ3v) is 4.93. The molecular formula is C28H29IrNO2. The summed E-state index contributed by atoms with van der Waals surface area (Å²) in [4.78, 5) is 13.9. The number of ketones is 1. The number of aliphatic hydroxyl groups is 1. The first-order valence-electron chi connectivity index (χ1n) is 10.8. The van der Waals surface area contributed by atoms with Crippen molar-refractivity contribution in [1.29, 1.82) is 0 Å². The quantitative estimate of drug-likeness (QED) is 0.0820. The van der Waals surface area contributed by atoms with Crippen molar-refractivity contribution in [2.45, 2.75) is 39.5 Å². The standard InChI is InChI=1S/C19H12N.C9H16O2.Ir/c1-2-7-15(8-3-1)18-13-11-17-16-9-5-4-6-14(16)10-12-19(17)20-18;1-3-5-8(10)7-9(11)6-4-2;/h1-7,9-13H;7,10H,3-6H2,1-2H3;/q-1;;/p+1/b;8-7-;. The number of aliphatic hydroxyl groups excluding tert-OH is 1. The maximum atomic E-state index is 9.13. The molecule has 0 fully saturated rings. The van der Waals surface area contributed by atoms with Gasteiger partial charge in [-0.2, -0.15) is 0 Å². The number of aromatic nitrogens is 1. The summed E-state index contributed by atoms with van der Waals surface area (Å²) in [5, 5.41) is 12.8. The second-order valence-corrected chi connectivity index (χ2v) is 7.45. The molecule has 32 heavy (non-hydrogen) atoms. The van der Waals surface area contributed by atoms with E-state index >= 15 is 0 Å². The number of benzene rings is 3. The molecule has 4 aromatic rings. The molecule has 1 radical (unpaired) electrons. The summed E-state index contributed by atoms with van der Waals surface area (Å²) >= 11 is 0. The molecule has 0 saturated heterocycles. The average molecular weight is 604 g/mol. The van der Waals surface area contributed by atoms with Gasteiger partial charge in [0.1, 0.15) is 5.76 Å². The van der Waals surface area contributed by atoms with Gasteiger partial charge in [0.25, 0.3) is 0 Å². The monoisotopic (exact) mass is 604 g/mol. The van der Waals surface area contributed by atoms with Crippen LogP contribution in [-0.2, 0) is 20.1 Å². The van der Waals surface area contributed by atoms with Gasteiger partial charge < -0.3 is 5.11 Å². The topological polar surface area (TPSA) is 54.5 Å². The van der Waals surface area contributed by atoms with Crippen LogP contribution in [-0.4, -0.2) is 20.7 Å². The largest absolute Gasteiger partial charge is 0.512 e. The first-order valence-corrected chi connectivity index (χ1v) is 10.8. The molecule has 1 aromatic heterocycles. The number of nitrogens with zero attached hydrogens (tertiary/aromatic N) is 1. The first kappa shape index (κ1) is 25.4. The minimum absolute atomic E-state index is 0. The zero-order chi connectivity index (χ0) is 22.1. The van der Waals surface area contributed by atoms with E-state index in [-0.39, 0.29) is 31.6 Å². The van der Waals surface area contributed by atoms with Crippen molar-refractivity contribution in [1.82, 2.24) is 4.98 Å². The van der Waals surface area contributed by atoms with Crippen LogP contribution in [0.5, 0.6) is 0 Å². The van der Waals surface area contributed by atoms with Crippen molar-refractivity contribution in [3.63, 3.8) is 0 Å². The van der Waals surface area contributed by atoms with Gasteiger partial charge in [-0.1, -0.05) is 56.3 Å². The van der Waals surface area contributed by atoms with E-state index in [0.717, 1.165) is 29.6 Å². The Kier molecular flexibility index (Phi) is 10.3. The fourth-order valence-electron chi connectivity index (χ4n) is 3.44. The fourth-order valence-corrected chi connectivity index (χ4v) is 3.44. The van der Waals surface area contributed by atoms with Crippen molar-refractivity contribution in [3.8, 4) is 11.3 Å². The number of pyridine rings is 1. The van der Waals surface area contributed by atoms with Gasteiger partial charge in [-0.05, 0) is 35.4 Å². The molecule has 2 N–H and O–H groups in total. The number of rotatable bonds is 6. The van der Waals surface area contributed by atoms with Gasteiger partial charge >= 0.3 is 5.78 Å². The second kappa shape index (κ2) is 12.9. The molecule has 0 atom stereocenters. The molecule has 4 heteroatoms. The molecule has 0 bridgehead atoms. The summed E-state index contributed by atoms with van der Waals surface area (Å²) in [6.07, 6.45) is 4.55. The predicted molar refractivity (Wildman–Crippen MR) is 131 cm³/mol. The van der Waals surface area contributed by atoms with Crippen LogP contribution in [0.1, 0.15) is 39.5 Å². The van der Waals surface area contributed by atoms with Crippen LogP contribution in [0, 0.1) is 6.07 Å². The van der Waals surface area contributed by atoms with Crippen LogP contribution in [0.4, 0.5) is 0 Å². The van der Waals surface area contributed by atoms with E-state index in [9.17, 15) is 0 Å². The molecule has 4 rings (SSSR count). The zero-order valence-electron chi connectivity index (χ0n) is 18.5. The second-order valence-electron chi connectivity index (χ2n) is 7.45. The summed E-state index contributed by atoms with van der Waals surface area (Å²) in [6.45, 7) is 3.97. The Balaban J connectivity index is 0.000000263. The van der Waals surface area contributed by atoms with E-state index in [1.165, 1.54) is 22.2 Å². The Morgan fingerprint density at radius 1 is 0.906 bits per heavy atom. The van der Waals surface area contributed by atoms with Gasteiger partial charge in [-0.15, -0.1) is 35.9 Å². The predicted octanol–water partition coefficient (Wildman–Crippen LogP) is 7.43. The van der Waals surface area contributed by atoms with Gasteiger partial charge in [-0.3, -0.25) is 9.78 Å². The molecule has 0 aliphatic carbocycles. The molecule has 0 aliphatic rings. The molecule has 0 amide bonds. The summed E-state index contributed by atoms with van der Waals surface area (Å²) in [5.74, 6) is 0.553. The minimum Gasteiger partial charge on any atom is -0.512 e. The Bertz CT molecular complexity index is 1190. The van der Waals surface area contributed by atoms with Crippen LogP contribution in [0.2, 0.25) is 0 Å². The van der Waals surface area contributed by atoms with Crippen LogP contribution in [0.3, 0.4) is 0 Å². The van der Waals surface area contributed by atoms with Crippen molar-refractivity contribution in [3.05, 3.63) is 90.7 Å². The molecule has 0 saturated carbocycles. The van der Waals surface area contributed by atoms with Crippen LogP contribution >= 0.6 is 0 Å². The van der Waals surface area contributed by atoms with Gasteiger partial charge in [0.05, 0.1) is 18.0 Å². The molecular weight excluding hydrogens is 575 g/mol. The number of hydrogen-bond acceptors (Lipinski definition) is 2. The maximum Gasteiger partial charge on any atom is 0.319 e. The van der Waals surface area contributed by atoms with E-state index in [4.69, 9.17) is 14.9 Å². The van der Waals surface area contributed by atoms with E-state index in [0.29, 0.717) is 12.8 Å². The molecule has 1 heterocycles. The van der Waals surface area contributed by atoms with E-state index < -0.39 is 0 Å². The summed E-state index contributed by atoms with van der Waals surface area (Å²) in [5.41, 5.74) is 3.02. The Morgan fingerprint density at radius 2 is 1.66 bits per heavy atom. The number of hydrogen-bond donors (Lipinski definition) is 1. The third kappa shape index (κ3) is 6.85. The zero-order valence-corrected chi connectivity index (χ0v) is 20.9. The van der Waals surface area contributed by atoms with Crippen molar-refractivity contribution >= 4 is 27.5 Å². The van der Waals surface area contributed by atoms with Crippen molar-refractivity contribution in [2.24, 2.45) is 0 Å². The summed E-state index contributed by atoms with van der Waals surface area (Å²) < 4.78 is 0. The van der Waals surface area contributed by atoms with Gasteiger partial charge in [0, 0.05) is 31.9 Å². The van der Waals surface area contributed by atoms with Crippen molar-refractivity contribution in [2.75, 3.05) is 0 Å². The van der Waals surface area contributed by atoms with Crippen LogP contribution in [0.15, 0.2) is 84.6 Å². The third-order valence-electron chi connectivity index (χ3n) is 4.93. The van der Waals surface area contributed by atoms with E-state index in [2.05, 4.69) is 54.6 Å². The Labute approximate surface area is 203 Å². The molecule has 0 unspecified atom stereocenters. The number of carbonyl (C=O) groups excluding carboxylic acids is 1. The van der Waals surface area contributed by atoms with E-state index in [1.807, 2.05) is 38.1 Å². The van der Waals surface area contributed by atoms with Gasteiger partial charge in [0.2, 0.25) is 0 Å². The average Bonchev–Trinajstić information content (AvgIpc) is 2.80. The fraction of sp³-hybridized carbons (Fsp3) is 0.214. The van der Waals surface area contributed by atoms with Crippen molar-refractivity contribution < 1.29 is 30.0 Å². The van der Waals surface area contributed by atoms with Crippen LogP contribution in [0.25, 0.3) is 32.9 Å². The normalized spacial score (nSPS) is 10.9. The smallest absolute Gasteiger partial charge is 0.319 e. The van der Waals surface area contributed by atoms with Gasteiger partial charge in [0.15, 0.2) is 0 Å². The maximum absolute atomic E-state index is 9.13. The summed E-state index contributed by atoms with van der Waals surface area (Å²) in [6, 6.07) is 28.0. The Morgan fingerprint density at radius 3 is 2.38 bits per heavy atom. The Hall–Kier alpha value is -2.81. The van der Waals surface area contributed by atoms with Crippen LogP contribution < -0.4 is 0 Å². The SMILES string of the molecule is CCCC(=[OH+])/C=C(\O)CCC.[Ir].[c-]1ccccc1-c1ccc2c(ccc3ccccc32)n1. The van der Waals surface area contributed by atoms with E-state index in [1.54, 1.807) is 0 Å². The first-order chi connectivity index (χ1) is 15.1. The summed E-state index contributed by atoms with van der Waals surface area (Å²) in [7, 11) is 0. The number of allylic oxidation sites excluding steroid dienone is 2. The number of fused-ring (bicyclic) bond motifs is 3. The van der Waals surface area contributed by atoms with Gasteiger partial charge in [-0.25, -0.2) is 0 Å². The molecule has 0 spiro atoms. The minimum atomic E-state index is 0. The molecule has 0 aliphatic heterocycles. The molecule has 167 valence electrons. The molecule has 3 aromatic carbocycles.